The van der Waals surface area contributed by atoms with Gasteiger partial charge in [0.1, 0.15) is 0 Å². The van der Waals surface area contributed by atoms with Gasteiger partial charge in [-0.2, -0.15) is 4.58 Å². The van der Waals surface area contributed by atoms with E-state index in [2.05, 4.69) is 13.9 Å². The molecule has 5 nitrogen and oxygen atoms in total. The molecule has 56 valence electrons. The summed E-state index contributed by atoms with van der Waals surface area (Å²) in [7, 11) is -2.75. The zero-order chi connectivity index (χ0) is 7.33. The van der Waals surface area contributed by atoms with E-state index in [0.717, 1.165) is 0 Å². The van der Waals surface area contributed by atoms with Gasteiger partial charge < -0.3 is 14.0 Å². The summed E-state index contributed by atoms with van der Waals surface area (Å²) in [6, 6.07) is 0. The van der Waals surface area contributed by atoms with E-state index in [4.69, 9.17) is 9.59 Å². The average Bonchev–Trinajstić information content (AvgIpc) is 1.64. The van der Waals surface area contributed by atoms with Crippen molar-refractivity contribution in [3.63, 3.8) is 0 Å². The predicted octanol–water partition coefficient (Wildman–Crippen LogP) is -0.979. The van der Waals surface area contributed by atoms with Crippen LogP contribution >= 0.6 is 0 Å². The molecule has 0 atom stereocenters. The molecule has 0 unspecified atom stereocenters. The Labute approximate surface area is 54.2 Å². The Morgan fingerprint density at radius 3 is 2.33 bits per heavy atom. The van der Waals surface area contributed by atoms with Crippen molar-refractivity contribution < 1.29 is 23.5 Å². The van der Waals surface area contributed by atoms with E-state index in [1.807, 2.05) is 0 Å². The van der Waals surface area contributed by atoms with Gasteiger partial charge in [-0.3, -0.25) is 0 Å². The Bertz CT molecular complexity index is 66.6. The molecular formula is C3H10O5Si. The molecule has 0 amide bonds. The summed E-state index contributed by atoms with van der Waals surface area (Å²) in [5.41, 5.74) is 0. The Balaban J connectivity index is 3.43. The molecule has 6 heteroatoms. The van der Waals surface area contributed by atoms with Crippen molar-refractivity contribution in [2.45, 2.75) is 6.92 Å². The van der Waals surface area contributed by atoms with E-state index in [0.29, 0.717) is 0 Å². The van der Waals surface area contributed by atoms with Crippen molar-refractivity contribution in [1.29, 1.82) is 0 Å². The smallest absolute Gasteiger partial charge is 0.366 e. The average molecular weight is 154 g/mol. The lowest BCUT2D eigenvalue weighted by molar-refractivity contribution is -0.244. The Morgan fingerprint density at radius 2 is 2.00 bits per heavy atom. The van der Waals surface area contributed by atoms with Crippen LogP contribution < -0.4 is 0 Å². The summed E-state index contributed by atoms with van der Waals surface area (Å²) in [6.45, 7) is 1.80. The summed E-state index contributed by atoms with van der Waals surface area (Å²) in [4.78, 5) is 21.3. The molecule has 0 aliphatic heterocycles. The first-order valence-electron chi connectivity index (χ1n) is 2.43. The second-order valence-corrected chi connectivity index (χ2v) is 2.78. The van der Waals surface area contributed by atoms with Crippen LogP contribution in [-0.4, -0.2) is 32.4 Å². The van der Waals surface area contributed by atoms with Gasteiger partial charge in [-0.05, 0) is 6.92 Å². The highest BCUT2D eigenvalue weighted by Crippen LogP contribution is 1.96. The van der Waals surface area contributed by atoms with Crippen LogP contribution in [0.2, 0.25) is 0 Å². The fourth-order valence-electron chi connectivity index (χ4n) is 0.321. The fourth-order valence-corrected chi connectivity index (χ4v) is 0.962. The van der Waals surface area contributed by atoms with Crippen LogP contribution in [0.25, 0.3) is 0 Å². The summed E-state index contributed by atoms with van der Waals surface area (Å²) in [5.74, 6) is 0. The molecule has 0 fully saturated rings. The van der Waals surface area contributed by atoms with Crippen LogP contribution in [0.5, 0.6) is 0 Å². The lowest BCUT2D eigenvalue weighted by Gasteiger charge is -2.12. The van der Waals surface area contributed by atoms with E-state index in [-0.39, 0.29) is 6.61 Å². The monoisotopic (exact) mass is 154 g/mol. The molecule has 0 bridgehead atoms. The van der Waals surface area contributed by atoms with Gasteiger partial charge >= 0.3 is 9.05 Å². The largest absolute Gasteiger partial charge is 0.702 e. The highest BCUT2D eigenvalue weighted by Gasteiger charge is 2.37. The predicted molar refractivity (Wildman–Crippen MR) is 29.9 cm³/mol. The van der Waals surface area contributed by atoms with E-state index in [9.17, 15) is 0 Å². The third-order valence-corrected chi connectivity index (χ3v) is 1.57. The summed E-state index contributed by atoms with van der Waals surface area (Å²) < 4.78 is 8.37. The molecular weight excluding hydrogens is 144 g/mol. The van der Waals surface area contributed by atoms with Gasteiger partial charge in [0.2, 0.25) is 0 Å². The van der Waals surface area contributed by atoms with Crippen molar-refractivity contribution in [1.82, 2.24) is 0 Å². The molecule has 0 aliphatic rings. The minimum absolute atomic E-state index is 0.183. The summed E-state index contributed by atoms with van der Waals surface area (Å²) in [5, 5.41) is 0. The molecule has 0 radical (unpaired) electrons. The second-order valence-electron chi connectivity index (χ2n) is 1.23. The standard InChI is InChI=1S/C3H10O5Si/c1-3-7-9(4,5)8-6-2/h4-5H,3H2,1-2H3. The number of rotatable bonds is 4. The van der Waals surface area contributed by atoms with Gasteiger partial charge in [-0.15, -0.1) is 0 Å². The van der Waals surface area contributed by atoms with Crippen molar-refractivity contribution in [2.24, 2.45) is 0 Å². The van der Waals surface area contributed by atoms with Crippen molar-refractivity contribution in [3.8, 4) is 0 Å². The zero-order valence-electron chi connectivity index (χ0n) is 5.33. The molecule has 0 saturated heterocycles. The number of hydrogen-bond donors (Lipinski definition) is 2. The summed E-state index contributed by atoms with van der Waals surface area (Å²) >= 11 is 0. The Hall–Kier alpha value is 0.0169. The van der Waals surface area contributed by atoms with Gasteiger partial charge in [0, 0.05) is 6.61 Å². The first kappa shape index (κ1) is 9.02. The lowest BCUT2D eigenvalue weighted by Crippen LogP contribution is -2.42. The molecule has 0 aliphatic carbocycles. The van der Waals surface area contributed by atoms with Crippen LogP contribution in [0.15, 0.2) is 0 Å². The van der Waals surface area contributed by atoms with Crippen molar-refractivity contribution >= 4 is 9.05 Å². The van der Waals surface area contributed by atoms with Gasteiger partial charge in [-0.25, -0.2) is 4.89 Å². The van der Waals surface area contributed by atoms with Crippen LogP contribution in [-0.2, 0) is 13.9 Å². The Kier molecular flexibility index (Phi) is 3.94. The van der Waals surface area contributed by atoms with Crippen LogP contribution in [0.3, 0.4) is 0 Å². The highest BCUT2D eigenvalue weighted by atomic mass is 28.4. The highest BCUT2D eigenvalue weighted by molar-refractivity contribution is 6.49. The molecule has 0 heterocycles. The minimum Gasteiger partial charge on any atom is -0.366 e. The van der Waals surface area contributed by atoms with Gasteiger partial charge in [0.05, 0.1) is 7.11 Å². The topological polar surface area (TPSA) is 68.2 Å². The molecule has 9 heavy (non-hydrogen) atoms. The van der Waals surface area contributed by atoms with Crippen LogP contribution in [0, 0.1) is 0 Å². The first-order chi connectivity index (χ1) is 4.12. The molecule has 2 N–H and O–H groups in total. The Morgan fingerprint density at radius 1 is 1.44 bits per heavy atom. The third-order valence-electron chi connectivity index (χ3n) is 0.524. The normalized spacial score (nSPS) is 12.0. The SMILES string of the molecule is CCO[Si](O)(O)OOC. The molecule has 0 aromatic carbocycles. The third kappa shape index (κ3) is 4.52. The van der Waals surface area contributed by atoms with E-state index < -0.39 is 9.05 Å². The maximum atomic E-state index is 8.64. The summed E-state index contributed by atoms with van der Waals surface area (Å²) in [6.07, 6.45) is 0. The van der Waals surface area contributed by atoms with E-state index in [1.54, 1.807) is 6.92 Å². The second kappa shape index (κ2) is 3.93. The van der Waals surface area contributed by atoms with Crippen molar-refractivity contribution in [2.75, 3.05) is 13.7 Å². The maximum Gasteiger partial charge on any atom is 0.702 e. The van der Waals surface area contributed by atoms with Crippen LogP contribution in [0.4, 0.5) is 0 Å². The molecule has 0 aromatic heterocycles. The van der Waals surface area contributed by atoms with Gasteiger partial charge in [-0.1, -0.05) is 0 Å². The minimum atomic E-state index is -3.93. The van der Waals surface area contributed by atoms with E-state index in [1.165, 1.54) is 7.11 Å². The van der Waals surface area contributed by atoms with Gasteiger partial charge in [0.15, 0.2) is 0 Å². The first-order valence-corrected chi connectivity index (χ1v) is 4.14. The molecule has 0 rings (SSSR count). The molecule has 0 saturated carbocycles. The van der Waals surface area contributed by atoms with Crippen LogP contribution in [0.1, 0.15) is 6.92 Å². The zero-order valence-corrected chi connectivity index (χ0v) is 6.33. The van der Waals surface area contributed by atoms with E-state index >= 15 is 0 Å². The quantitative estimate of drug-likeness (QED) is 0.309. The molecule has 0 aromatic rings. The van der Waals surface area contributed by atoms with Crippen molar-refractivity contribution in [3.05, 3.63) is 0 Å². The number of hydrogen-bond acceptors (Lipinski definition) is 5. The fraction of sp³-hybridized carbons (Fsp3) is 1.00. The lowest BCUT2D eigenvalue weighted by atomic mass is 10.9. The maximum absolute atomic E-state index is 8.64. The molecule has 0 spiro atoms. The van der Waals surface area contributed by atoms with Gasteiger partial charge in [0.25, 0.3) is 0 Å².